The number of hydrogen-bond acceptors (Lipinski definition) is 4. The van der Waals surface area contributed by atoms with E-state index < -0.39 is 9.84 Å². The van der Waals surface area contributed by atoms with Crippen LogP contribution in [0.1, 0.15) is 54.2 Å². The number of Topliss-reactive ketones (excluding diaryl/α,β-unsaturated/α-hetero) is 1. The summed E-state index contributed by atoms with van der Waals surface area (Å²) in [4.78, 5) is 13.4. The maximum absolute atomic E-state index is 13.4. The predicted molar refractivity (Wildman–Crippen MR) is 140 cm³/mol. The summed E-state index contributed by atoms with van der Waals surface area (Å²) in [7, 11) is -3.18. The molecule has 0 spiro atoms. The Morgan fingerprint density at radius 3 is 2.41 bits per heavy atom. The normalized spacial score (nSPS) is 18.9. The Hall–Kier alpha value is -2.15. The number of rotatable bonds is 8. The highest BCUT2D eigenvalue weighted by Gasteiger charge is 2.23. The number of ketones is 1. The number of hydrogen-bond donors (Lipinski definition) is 1. The van der Waals surface area contributed by atoms with Crippen molar-refractivity contribution in [2.24, 2.45) is 11.8 Å². The summed E-state index contributed by atoms with van der Waals surface area (Å²) >= 11 is 6.10. The van der Waals surface area contributed by atoms with E-state index in [-0.39, 0.29) is 18.1 Å². The lowest BCUT2D eigenvalue weighted by molar-refractivity contribution is 0.0989. The molecule has 0 amide bonds. The number of fused-ring (bicyclic) bond motifs is 1. The van der Waals surface area contributed by atoms with Crippen LogP contribution in [0, 0.1) is 18.8 Å². The van der Waals surface area contributed by atoms with Crippen LogP contribution < -0.4 is 5.32 Å². The maximum Gasteiger partial charge on any atom is 0.179 e. The van der Waals surface area contributed by atoms with Gasteiger partial charge in [0.15, 0.2) is 15.6 Å². The summed E-state index contributed by atoms with van der Waals surface area (Å²) in [5, 5.41) is 4.87. The molecular weight excluding hydrogens is 468 g/mol. The Balaban J connectivity index is 1.66. The van der Waals surface area contributed by atoms with Gasteiger partial charge in [-0.15, -0.1) is 0 Å². The van der Waals surface area contributed by atoms with Gasteiger partial charge >= 0.3 is 0 Å². The summed E-state index contributed by atoms with van der Waals surface area (Å²) in [6.45, 7) is 5.41. The van der Waals surface area contributed by atoms with E-state index in [0.29, 0.717) is 22.1 Å². The van der Waals surface area contributed by atoms with Crippen molar-refractivity contribution in [3.63, 3.8) is 0 Å². The Labute approximate surface area is 207 Å². The lowest BCUT2D eigenvalue weighted by Gasteiger charge is -2.26. The Kier molecular flexibility index (Phi) is 7.51. The molecule has 0 radical (unpaired) electrons. The minimum absolute atomic E-state index is 0.0430. The predicted octanol–water partition coefficient (Wildman–Crippen LogP) is 5.74. The second-order valence-corrected chi connectivity index (χ2v) is 12.5. The number of carbonyl (C=O) groups is 1. The van der Waals surface area contributed by atoms with Crippen molar-refractivity contribution in [1.82, 2.24) is 9.88 Å². The molecule has 2 aromatic carbocycles. The number of aromatic nitrogens is 1. The highest BCUT2D eigenvalue weighted by molar-refractivity contribution is 7.89. The van der Waals surface area contributed by atoms with E-state index in [1.807, 2.05) is 54.0 Å². The first-order chi connectivity index (χ1) is 16.1. The molecule has 3 aromatic rings. The van der Waals surface area contributed by atoms with Crippen LogP contribution >= 0.6 is 11.6 Å². The first-order valence-electron chi connectivity index (χ1n) is 11.9. The fourth-order valence-corrected chi connectivity index (χ4v) is 6.05. The van der Waals surface area contributed by atoms with Crippen molar-refractivity contribution in [3.8, 4) is 5.69 Å². The number of benzene rings is 2. The second-order valence-electron chi connectivity index (χ2n) is 9.87. The Morgan fingerprint density at radius 2 is 1.76 bits per heavy atom. The molecule has 5 nitrogen and oxygen atoms in total. The van der Waals surface area contributed by atoms with E-state index in [9.17, 15) is 13.2 Å². The molecule has 0 atom stereocenters. The molecule has 1 heterocycles. The summed E-state index contributed by atoms with van der Waals surface area (Å²) in [6, 6.07) is 13.0. The summed E-state index contributed by atoms with van der Waals surface area (Å²) in [6.07, 6.45) is 6.21. The molecule has 182 valence electrons. The van der Waals surface area contributed by atoms with Gasteiger partial charge in [-0.25, -0.2) is 8.42 Å². The van der Waals surface area contributed by atoms with Crippen LogP contribution in [0.3, 0.4) is 0 Å². The summed E-state index contributed by atoms with van der Waals surface area (Å²) in [5.74, 6) is 1.46. The van der Waals surface area contributed by atoms with Crippen LogP contribution in [0.25, 0.3) is 16.6 Å². The van der Waals surface area contributed by atoms with Crippen molar-refractivity contribution in [2.45, 2.75) is 45.3 Å². The van der Waals surface area contributed by atoms with E-state index in [1.54, 1.807) is 0 Å². The first kappa shape index (κ1) is 25.0. The van der Waals surface area contributed by atoms with Crippen LogP contribution in [-0.4, -0.2) is 38.1 Å². The van der Waals surface area contributed by atoms with Crippen molar-refractivity contribution in [1.29, 1.82) is 0 Å². The Morgan fingerprint density at radius 1 is 1.09 bits per heavy atom. The molecule has 34 heavy (non-hydrogen) atoms. The standard InChI is InChI=1S/C27H33ClN2O3S/c1-18-4-6-20(7-5-18)15-29-16-26(31)27-19(2)30(23-11-9-22(28)10-12-23)25-14-21(8-13-24(25)27)17-34(3,32)33/h8-14,18,20,29H,4-7,15-17H2,1-3H3. The van der Waals surface area contributed by atoms with Crippen LogP contribution in [0.15, 0.2) is 42.5 Å². The third kappa shape index (κ3) is 5.73. The fourth-order valence-electron chi connectivity index (χ4n) is 5.14. The molecular formula is C27H33ClN2O3S. The largest absolute Gasteiger partial charge is 0.313 e. The average Bonchev–Trinajstić information content (AvgIpc) is 3.06. The smallest absolute Gasteiger partial charge is 0.179 e. The molecule has 1 saturated carbocycles. The number of halogens is 1. The highest BCUT2D eigenvalue weighted by Crippen LogP contribution is 2.32. The fraction of sp³-hybridized carbons (Fsp3) is 0.444. The van der Waals surface area contributed by atoms with Crippen LogP contribution in [0.4, 0.5) is 0 Å². The van der Waals surface area contributed by atoms with Crippen LogP contribution in [-0.2, 0) is 15.6 Å². The number of nitrogens with zero attached hydrogens (tertiary/aromatic N) is 1. The van der Waals surface area contributed by atoms with Gasteiger partial charge < -0.3 is 9.88 Å². The molecule has 0 saturated heterocycles. The molecule has 1 aliphatic carbocycles. The van der Waals surface area contributed by atoms with Crippen LogP contribution in [0.5, 0.6) is 0 Å². The quantitative estimate of drug-likeness (QED) is 0.401. The maximum atomic E-state index is 13.4. The van der Waals surface area contributed by atoms with Gasteiger partial charge in [-0.3, -0.25) is 4.79 Å². The van der Waals surface area contributed by atoms with Gasteiger partial charge in [0, 0.05) is 33.6 Å². The molecule has 1 aromatic heterocycles. The molecule has 0 bridgehead atoms. The van der Waals surface area contributed by atoms with E-state index in [4.69, 9.17) is 11.6 Å². The topological polar surface area (TPSA) is 68.2 Å². The van der Waals surface area contributed by atoms with Crippen LogP contribution in [0.2, 0.25) is 5.02 Å². The first-order valence-corrected chi connectivity index (χ1v) is 14.4. The molecule has 7 heteroatoms. The number of sulfone groups is 1. The van der Waals surface area contributed by atoms with Gasteiger partial charge in [-0.1, -0.05) is 43.5 Å². The van der Waals surface area contributed by atoms with Gasteiger partial charge in [0.05, 0.1) is 17.8 Å². The lowest BCUT2D eigenvalue weighted by Crippen LogP contribution is -2.30. The van der Waals surface area contributed by atoms with Gasteiger partial charge in [0.1, 0.15) is 0 Å². The van der Waals surface area contributed by atoms with Crippen molar-refractivity contribution in [3.05, 3.63) is 64.3 Å². The molecule has 1 N–H and O–H groups in total. The van der Waals surface area contributed by atoms with Gasteiger partial charge in [0.25, 0.3) is 0 Å². The molecule has 4 rings (SSSR count). The Bertz CT molecular complexity index is 1290. The molecule has 0 aliphatic heterocycles. The van der Waals surface area contributed by atoms with Gasteiger partial charge in [-0.2, -0.15) is 0 Å². The van der Waals surface area contributed by atoms with E-state index in [1.165, 1.54) is 31.9 Å². The minimum atomic E-state index is -3.18. The zero-order valence-corrected chi connectivity index (χ0v) is 21.7. The number of carbonyl (C=O) groups excluding carboxylic acids is 1. The highest BCUT2D eigenvalue weighted by atomic mass is 35.5. The molecule has 1 aliphatic rings. The summed E-state index contributed by atoms with van der Waals surface area (Å²) < 4.78 is 25.8. The van der Waals surface area contributed by atoms with E-state index in [2.05, 4.69) is 12.2 Å². The lowest BCUT2D eigenvalue weighted by atomic mass is 9.83. The SMILES string of the molecule is Cc1c(C(=O)CNCC2CCC(C)CC2)c2ccc(CS(C)(=O)=O)cc2n1-c1ccc(Cl)cc1. The van der Waals surface area contributed by atoms with E-state index >= 15 is 0 Å². The zero-order valence-electron chi connectivity index (χ0n) is 20.1. The van der Waals surface area contributed by atoms with Crippen molar-refractivity contribution >= 4 is 38.1 Å². The second kappa shape index (κ2) is 10.2. The zero-order chi connectivity index (χ0) is 24.5. The van der Waals surface area contributed by atoms with Gasteiger partial charge in [-0.05, 0) is 74.0 Å². The number of nitrogens with one attached hydrogen (secondary N) is 1. The minimum Gasteiger partial charge on any atom is -0.313 e. The van der Waals surface area contributed by atoms with Gasteiger partial charge in [0.2, 0.25) is 0 Å². The van der Waals surface area contributed by atoms with Crippen molar-refractivity contribution in [2.75, 3.05) is 19.3 Å². The molecule has 0 unspecified atom stereocenters. The van der Waals surface area contributed by atoms with E-state index in [0.717, 1.165) is 34.7 Å². The third-order valence-corrected chi connectivity index (χ3v) is 8.03. The summed E-state index contributed by atoms with van der Waals surface area (Å²) in [5.41, 5.74) is 3.93. The monoisotopic (exact) mass is 500 g/mol. The average molecular weight is 501 g/mol. The third-order valence-electron chi connectivity index (χ3n) is 6.92. The molecule has 1 fully saturated rings. The van der Waals surface area contributed by atoms with Crippen molar-refractivity contribution < 1.29 is 13.2 Å².